The average Bonchev–Trinajstić information content (AvgIpc) is 3.27. The average molecular weight is 419 g/mol. The first-order valence-electron chi connectivity index (χ1n) is 9.99. The number of ether oxygens (including phenoxy) is 1. The van der Waals surface area contributed by atoms with E-state index in [4.69, 9.17) is 4.74 Å². The van der Waals surface area contributed by atoms with Gasteiger partial charge >= 0.3 is 0 Å². The topological polar surface area (TPSA) is 58.6 Å². The predicted octanol–water partition coefficient (Wildman–Crippen LogP) is 4.17. The molecule has 1 aromatic heterocycles. The van der Waals surface area contributed by atoms with Crippen LogP contribution in [0.2, 0.25) is 0 Å². The maximum Gasteiger partial charge on any atom is 0.264 e. The Morgan fingerprint density at radius 1 is 1.21 bits per heavy atom. The molecule has 1 atom stereocenters. The number of hydrogen-bond acceptors (Lipinski definition) is 4. The summed E-state index contributed by atoms with van der Waals surface area (Å²) in [5.41, 5.74) is 0.584. The van der Waals surface area contributed by atoms with Crippen LogP contribution in [-0.2, 0) is 9.53 Å². The van der Waals surface area contributed by atoms with Crippen LogP contribution in [0.15, 0.2) is 41.8 Å². The van der Waals surface area contributed by atoms with Crippen molar-refractivity contribution >= 4 is 23.2 Å². The van der Waals surface area contributed by atoms with Crippen LogP contribution in [0.5, 0.6) is 0 Å². The number of methoxy groups -OCH3 is 1. The number of nitrogens with zero attached hydrogens (tertiary/aromatic N) is 1. The minimum absolute atomic E-state index is 0.111. The van der Waals surface area contributed by atoms with Crippen LogP contribution in [0.3, 0.4) is 0 Å². The summed E-state index contributed by atoms with van der Waals surface area (Å²) in [7, 11) is 1.56. The van der Waals surface area contributed by atoms with Crippen LogP contribution in [0.25, 0.3) is 0 Å². The molecule has 0 bridgehead atoms. The zero-order chi connectivity index (χ0) is 20.6. The normalized spacial score (nSPS) is 15.7. The Bertz CT molecular complexity index is 789. The summed E-state index contributed by atoms with van der Waals surface area (Å²) < 4.78 is 18.7. The fourth-order valence-electron chi connectivity index (χ4n) is 3.72. The molecule has 2 aromatic rings. The molecule has 156 valence electrons. The summed E-state index contributed by atoms with van der Waals surface area (Å²) in [4.78, 5) is 28.6. The minimum Gasteiger partial charge on any atom is -0.383 e. The smallest absolute Gasteiger partial charge is 0.264 e. The first-order valence-corrected chi connectivity index (χ1v) is 10.9. The van der Waals surface area contributed by atoms with E-state index in [2.05, 4.69) is 5.32 Å². The van der Waals surface area contributed by atoms with Crippen molar-refractivity contribution in [2.45, 2.75) is 44.2 Å². The number of benzene rings is 1. The number of amides is 2. The van der Waals surface area contributed by atoms with E-state index < -0.39 is 6.04 Å². The third kappa shape index (κ3) is 5.64. The Kier molecular flexibility index (Phi) is 7.77. The van der Waals surface area contributed by atoms with Gasteiger partial charge in [-0.3, -0.25) is 9.59 Å². The number of carbonyl (C=O) groups excluding carboxylic acids is 2. The molecule has 0 aliphatic heterocycles. The molecule has 3 rings (SSSR count). The standard InChI is InChI=1S/C22H27FN2O3S/c1-28-14-13-25(22(27)19-8-5-15-29-19)20(16-9-11-17(23)12-10-16)21(26)24-18-6-3-2-4-7-18/h5,8-12,15,18,20H,2-4,6-7,13-14H2,1H3,(H,24,26)/t20-/m0/s1. The lowest BCUT2D eigenvalue weighted by Gasteiger charge is -2.33. The highest BCUT2D eigenvalue weighted by Crippen LogP contribution is 2.26. The van der Waals surface area contributed by atoms with Gasteiger partial charge in [0.2, 0.25) is 5.91 Å². The summed E-state index contributed by atoms with van der Waals surface area (Å²) >= 11 is 1.33. The van der Waals surface area contributed by atoms with Gasteiger partial charge < -0.3 is 15.0 Å². The largest absolute Gasteiger partial charge is 0.383 e. The Balaban J connectivity index is 1.92. The third-order valence-electron chi connectivity index (χ3n) is 5.23. The number of nitrogens with one attached hydrogen (secondary N) is 1. The molecular weight excluding hydrogens is 391 g/mol. The summed E-state index contributed by atoms with van der Waals surface area (Å²) in [6.45, 7) is 0.554. The van der Waals surface area contributed by atoms with E-state index in [0.717, 1.165) is 25.7 Å². The Hall–Kier alpha value is -2.25. The van der Waals surface area contributed by atoms with Crippen molar-refractivity contribution < 1.29 is 18.7 Å². The number of carbonyl (C=O) groups is 2. The number of thiophene rings is 1. The highest BCUT2D eigenvalue weighted by atomic mass is 32.1. The van der Waals surface area contributed by atoms with E-state index in [1.54, 1.807) is 31.4 Å². The van der Waals surface area contributed by atoms with E-state index in [0.29, 0.717) is 17.0 Å². The van der Waals surface area contributed by atoms with Crippen LogP contribution >= 0.6 is 11.3 Å². The van der Waals surface area contributed by atoms with E-state index in [9.17, 15) is 14.0 Å². The Morgan fingerprint density at radius 3 is 2.55 bits per heavy atom. The van der Waals surface area contributed by atoms with Gasteiger partial charge in [-0.2, -0.15) is 0 Å². The number of hydrogen-bond donors (Lipinski definition) is 1. The lowest BCUT2D eigenvalue weighted by Crippen LogP contribution is -2.47. The molecule has 29 heavy (non-hydrogen) atoms. The molecule has 1 fully saturated rings. The first-order chi connectivity index (χ1) is 14.1. The second-order valence-electron chi connectivity index (χ2n) is 7.27. The van der Waals surface area contributed by atoms with Crippen molar-refractivity contribution in [1.29, 1.82) is 0 Å². The highest BCUT2D eigenvalue weighted by Gasteiger charge is 2.33. The summed E-state index contributed by atoms with van der Waals surface area (Å²) in [5, 5.41) is 4.96. The van der Waals surface area contributed by atoms with Gasteiger partial charge in [-0.05, 0) is 42.0 Å². The first kappa shape index (κ1) is 21.5. The van der Waals surface area contributed by atoms with Crippen LogP contribution < -0.4 is 5.32 Å². The second kappa shape index (κ2) is 10.5. The van der Waals surface area contributed by atoms with Crippen molar-refractivity contribution in [2.24, 2.45) is 0 Å². The third-order valence-corrected chi connectivity index (χ3v) is 6.08. The zero-order valence-electron chi connectivity index (χ0n) is 16.6. The maximum absolute atomic E-state index is 13.5. The van der Waals surface area contributed by atoms with Gasteiger partial charge in [0.25, 0.3) is 5.91 Å². The Labute approximate surface area is 174 Å². The number of halogens is 1. The van der Waals surface area contributed by atoms with E-state index in [1.807, 2.05) is 5.38 Å². The molecule has 1 aliphatic rings. The van der Waals surface area contributed by atoms with E-state index in [-0.39, 0.29) is 30.2 Å². The van der Waals surface area contributed by atoms with Crippen LogP contribution in [-0.4, -0.2) is 43.0 Å². The molecule has 0 radical (unpaired) electrons. The predicted molar refractivity (Wildman–Crippen MR) is 111 cm³/mol. The quantitative estimate of drug-likeness (QED) is 0.700. The van der Waals surface area contributed by atoms with Gasteiger partial charge in [0.1, 0.15) is 11.9 Å². The molecule has 1 heterocycles. The lowest BCUT2D eigenvalue weighted by molar-refractivity contribution is -0.127. The molecule has 5 nitrogen and oxygen atoms in total. The molecule has 7 heteroatoms. The van der Waals surface area contributed by atoms with Gasteiger partial charge in [-0.25, -0.2) is 4.39 Å². The fraction of sp³-hybridized carbons (Fsp3) is 0.455. The van der Waals surface area contributed by atoms with Gasteiger partial charge in [-0.15, -0.1) is 11.3 Å². The molecule has 0 spiro atoms. The molecule has 1 aliphatic carbocycles. The Morgan fingerprint density at radius 2 is 1.93 bits per heavy atom. The van der Waals surface area contributed by atoms with E-state index >= 15 is 0 Å². The van der Waals surface area contributed by atoms with Crippen LogP contribution in [0.4, 0.5) is 4.39 Å². The van der Waals surface area contributed by atoms with Gasteiger partial charge in [0.15, 0.2) is 0 Å². The van der Waals surface area contributed by atoms with Crippen molar-refractivity contribution in [1.82, 2.24) is 10.2 Å². The number of rotatable bonds is 8. The highest BCUT2D eigenvalue weighted by molar-refractivity contribution is 7.12. The maximum atomic E-state index is 13.5. The second-order valence-corrected chi connectivity index (χ2v) is 8.21. The molecular formula is C22H27FN2O3S. The molecule has 2 amide bonds. The van der Waals surface area contributed by atoms with Gasteiger partial charge in [0, 0.05) is 19.7 Å². The molecule has 1 saturated carbocycles. The SMILES string of the molecule is COCCN(C(=O)c1cccs1)[C@H](C(=O)NC1CCCCC1)c1ccc(F)cc1. The molecule has 0 unspecified atom stereocenters. The van der Waals surface area contributed by atoms with Gasteiger partial charge in [-0.1, -0.05) is 37.5 Å². The van der Waals surface area contributed by atoms with Gasteiger partial charge in [0.05, 0.1) is 11.5 Å². The van der Waals surface area contributed by atoms with Crippen LogP contribution in [0.1, 0.15) is 53.4 Å². The fourth-order valence-corrected chi connectivity index (χ4v) is 4.40. The van der Waals surface area contributed by atoms with E-state index in [1.165, 1.54) is 34.8 Å². The molecule has 0 saturated heterocycles. The zero-order valence-corrected chi connectivity index (χ0v) is 17.4. The van der Waals surface area contributed by atoms with Crippen molar-refractivity contribution in [2.75, 3.05) is 20.3 Å². The monoisotopic (exact) mass is 418 g/mol. The summed E-state index contributed by atoms with van der Waals surface area (Å²) in [6, 6.07) is 8.60. The van der Waals surface area contributed by atoms with Crippen molar-refractivity contribution in [3.05, 3.63) is 58.0 Å². The minimum atomic E-state index is -0.845. The summed E-state index contributed by atoms with van der Waals surface area (Å²) in [5.74, 6) is -0.845. The molecule has 1 N–H and O–H groups in total. The summed E-state index contributed by atoms with van der Waals surface area (Å²) in [6.07, 6.45) is 5.25. The van der Waals surface area contributed by atoms with Crippen molar-refractivity contribution in [3.8, 4) is 0 Å². The lowest BCUT2D eigenvalue weighted by atomic mass is 9.94. The van der Waals surface area contributed by atoms with Crippen LogP contribution in [0, 0.1) is 5.82 Å². The molecule has 1 aromatic carbocycles. The van der Waals surface area contributed by atoms with Crippen molar-refractivity contribution in [3.63, 3.8) is 0 Å².